The molecule has 0 aliphatic carbocycles. The normalized spacial score (nSPS) is 11.0. The number of hydrogen-bond acceptors (Lipinski definition) is 5. The fraction of sp³-hybridized carbons (Fsp3) is 0.571. The molecule has 0 aliphatic rings. The van der Waals surface area contributed by atoms with Gasteiger partial charge in [0.2, 0.25) is 0 Å². The lowest BCUT2D eigenvalue weighted by atomic mass is 10.2. The molecule has 0 atom stereocenters. The van der Waals surface area contributed by atoms with Gasteiger partial charge in [0.25, 0.3) is 0 Å². The van der Waals surface area contributed by atoms with E-state index in [1.165, 1.54) is 0 Å². The molecule has 1 heterocycles. The SMILES string of the molecule is Cc1ccc(N)c(NCCCNC(=O)OC(C)(C)C)n1. The molecule has 0 radical (unpaired) electrons. The summed E-state index contributed by atoms with van der Waals surface area (Å²) >= 11 is 0. The molecule has 1 amide bonds. The van der Waals surface area contributed by atoms with Crippen molar-refractivity contribution in [3.8, 4) is 0 Å². The Morgan fingerprint density at radius 3 is 2.70 bits per heavy atom. The third-order valence-corrected chi connectivity index (χ3v) is 2.38. The van der Waals surface area contributed by atoms with Crippen molar-refractivity contribution in [2.24, 2.45) is 0 Å². The summed E-state index contributed by atoms with van der Waals surface area (Å²) in [4.78, 5) is 15.7. The van der Waals surface area contributed by atoms with E-state index in [2.05, 4.69) is 15.6 Å². The van der Waals surface area contributed by atoms with Gasteiger partial charge in [0.1, 0.15) is 11.4 Å². The molecule has 0 bridgehead atoms. The molecule has 0 fully saturated rings. The van der Waals surface area contributed by atoms with E-state index in [-0.39, 0.29) is 0 Å². The van der Waals surface area contributed by atoms with Crippen LogP contribution in [0.1, 0.15) is 32.9 Å². The molecule has 0 saturated carbocycles. The molecular formula is C14H24N4O2. The average molecular weight is 280 g/mol. The molecule has 0 saturated heterocycles. The molecule has 0 aromatic carbocycles. The predicted octanol–water partition coefficient (Wildman–Crippen LogP) is 2.30. The second-order valence-corrected chi connectivity index (χ2v) is 5.60. The molecule has 0 aliphatic heterocycles. The number of aryl methyl sites for hydroxylation is 1. The second kappa shape index (κ2) is 6.98. The molecule has 6 heteroatoms. The van der Waals surface area contributed by atoms with Gasteiger partial charge in [-0.25, -0.2) is 9.78 Å². The summed E-state index contributed by atoms with van der Waals surface area (Å²) in [5.74, 6) is 0.683. The van der Waals surface area contributed by atoms with E-state index in [0.717, 1.165) is 12.1 Å². The summed E-state index contributed by atoms with van der Waals surface area (Å²) in [6, 6.07) is 3.69. The number of rotatable bonds is 5. The number of nitrogens with zero attached hydrogens (tertiary/aromatic N) is 1. The smallest absolute Gasteiger partial charge is 0.407 e. The first kappa shape index (κ1) is 16.1. The number of pyridine rings is 1. The van der Waals surface area contributed by atoms with Gasteiger partial charge in [-0.15, -0.1) is 0 Å². The highest BCUT2D eigenvalue weighted by Gasteiger charge is 2.15. The zero-order chi connectivity index (χ0) is 15.2. The van der Waals surface area contributed by atoms with Crippen molar-refractivity contribution in [1.82, 2.24) is 10.3 Å². The maximum absolute atomic E-state index is 11.4. The molecular weight excluding hydrogens is 256 g/mol. The van der Waals surface area contributed by atoms with E-state index >= 15 is 0 Å². The minimum atomic E-state index is -0.470. The second-order valence-electron chi connectivity index (χ2n) is 5.60. The van der Waals surface area contributed by atoms with E-state index in [1.807, 2.05) is 39.8 Å². The molecule has 20 heavy (non-hydrogen) atoms. The number of aromatic nitrogens is 1. The number of ether oxygens (including phenoxy) is 1. The van der Waals surface area contributed by atoms with Crippen molar-refractivity contribution in [3.63, 3.8) is 0 Å². The highest BCUT2D eigenvalue weighted by molar-refractivity contribution is 5.67. The van der Waals surface area contributed by atoms with Gasteiger partial charge in [0, 0.05) is 18.8 Å². The topological polar surface area (TPSA) is 89.3 Å². The van der Waals surface area contributed by atoms with Gasteiger partial charge < -0.3 is 21.1 Å². The number of hydrogen-bond donors (Lipinski definition) is 3. The summed E-state index contributed by atoms with van der Waals surface area (Å²) in [6.07, 6.45) is 0.361. The zero-order valence-electron chi connectivity index (χ0n) is 12.6. The van der Waals surface area contributed by atoms with Gasteiger partial charge in [0.05, 0.1) is 5.69 Å². The molecule has 112 valence electrons. The predicted molar refractivity (Wildman–Crippen MR) is 80.7 cm³/mol. The minimum absolute atomic E-state index is 0.398. The monoisotopic (exact) mass is 280 g/mol. The molecule has 1 aromatic heterocycles. The van der Waals surface area contributed by atoms with Crippen molar-refractivity contribution in [1.29, 1.82) is 0 Å². The Balaban J connectivity index is 2.22. The van der Waals surface area contributed by atoms with Crippen molar-refractivity contribution in [2.75, 3.05) is 24.1 Å². The van der Waals surface area contributed by atoms with Gasteiger partial charge in [-0.3, -0.25) is 0 Å². The van der Waals surface area contributed by atoms with E-state index in [0.29, 0.717) is 24.6 Å². The number of carbonyl (C=O) groups is 1. The molecule has 4 N–H and O–H groups in total. The van der Waals surface area contributed by atoms with E-state index in [1.54, 1.807) is 0 Å². The van der Waals surface area contributed by atoms with Crippen LogP contribution >= 0.6 is 0 Å². The number of carbonyl (C=O) groups excluding carboxylic acids is 1. The maximum atomic E-state index is 11.4. The van der Waals surface area contributed by atoms with E-state index < -0.39 is 11.7 Å². The fourth-order valence-electron chi connectivity index (χ4n) is 1.51. The Morgan fingerprint density at radius 1 is 1.35 bits per heavy atom. The highest BCUT2D eigenvalue weighted by Crippen LogP contribution is 2.14. The van der Waals surface area contributed by atoms with Crippen LogP contribution in [0.4, 0.5) is 16.3 Å². The molecule has 0 spiro atoms. The van der Waals surface area contributed by atoms with Crippen LogP contribution in [-0.2, 0) is 4.74 Å². The third-order valence-electron chi connectivity index (χ3n) is 2.38. The standard InChI is InChI=1S/C14H24N4O2/c1-10-6-7-11(15)12(18-10)16-8-5-9-17-13(19)20-14(2,3)4/h6-7H,5,8-9,15H2,1-4H3,(H,16,18)(H,17,19). The molecule has 1 aromatic rings. The van der Waals surface area contributed by atoms with Gasteiger partial charge in [-0.05, 0) is 46.2 Å². The van der Waals surface area contributed by atoms with Crippen LogP contribution in [0.25, 0.3) is 0 Å². The Kier molecular flexibility index (Phi) is 5.61. The van der Waals surface area contributed by atoms with Crippen molar-refractivity contribution < 1.29 is 9.53 Å². The molecule has 1 rings (SSSR count). The van der Waals surface area contributed by atoms with Gasteiger partial charge in [-0.1, -0.05) is 0 Å². The Labute approximate surface area is 120 Å². The summed E-state index contributed by atoms with van der Waals surface area (Å²) < 4.78 is 5.13. The zero-order valence-corrected chi connectivity index (χ0v) is 12.6. The van der Waals surface area contributed by atoms with Crippen LogP contribution in [0.3, 0.4) is 0 Å². The number of anilines is 2. The summed E-state index contributed by atoms with van der Waals surface area (Å²) in [5.41, 5.74) is 6.87. The molecule has 0 unspecified atom stereocenters. The first-order chi connectivity index (χ1) is 9.28. The van der Waals surface area contributed by atoms with Crippen LogP contribution in [0, 0.1) is 6.92 Å². The lowest BCUT2D eigenvalue weighted by Gasteiger charge is -2.19. The van der Waals surface area contributed by atoms with Gasteiger partial charge in [-0.2, -0.15) is 0 Å². The van der Waals surface area contributed by atoms with Gasteiger partial charge in [0.15, 0.2) is 0 Å². The number of amides is 1. The van der Waals surface area contributed by atoms with E-state index in [9.17, 15) is 4.79 Å². The Morgan fingerprint density at radius 2 is 2.05 bits per heavy atom. The largest absolute Gasteiger partial charge is 0.444 e. The lowest BCUT2D eigenvalue weighted by molar-refractivity contribution is 0.0528. The number of nitrogen functional groups attached to an aromatic ring is 1. The number of nitrogens with one attached hydrogen (secondary N) is 2. The van der Waals surface area contributed by atoms with Crippen molar-refractivity contribution in [2.45, 2.75) is 39.7 Å². The summed E-state index contributed by atoms with van der Waals surface area (Å²) in [7, 11) is 0. The van der Waals surface area contributed by atoms with Crippen LogP contribution in [-0.4, -0.2) is 29.8 Å². The van der Waals surface area contributed by atoms with Crippen molar-refractivity contribution >= 4 is 17.6 Å². The fourth-order valence-corrected chi connectivity index (χ4v) is 1.51. The first-order valence-electron chi connectivity index (χ1n) is 6.72. The maximum Gasteiger partial charge on any atom is 0.407 e. The van der Waals surface area contributed by atoms with Crippen LogP contribution < -0.4 is 16.4 Å². The van der Waals surface area contributed by atoms with Crippen LogP contribution in [0.15, 0.2) is 12.1 Å². The molecule has 6 nitrogen and oxygen atoms in total. The third kappa shape index (κ3) is 6.26. The number of nitrogens with two attached hydrogens (primary N) is 1. The summed E-state index contributed by atoms with van der Waals surface area (Å²) in [6.45, 7) is 8.62. The minimum Gasteiger partial charge on any atom is -0.444 e. The van der Waals surface area contributed by atoms with Crippen LogP contribution in [0.2, 0.25) is 0 Å². The van der Waals surface area contributed by atoms with Crippen molar-refractivity contribution in [3.05, 3.63) is 17.8 Å². The summed E-state index contributed by atoms with van der Waals surface area (Å²) in [5, 5.41) is 5.85. The quantitative estimate of drug-likeness (QED) is 0.720. The highest BCUT2D eigenvalue weighted by atomic mass is 16.6. The average Bonchev–Trinajstić information content (AvgIpc) is 2.30. The van der Waals surface area contributed by atoms with E-state index in [4.69, 9.17) is 10.5 Å². The Hall–Kier alpha value is -1.98. The van der Waals surface area contributed by atoms with Crippen LogP contribution in [0.5, 0.6) is 0 Å². The van der Waals surface area contributed by atoms with Gasteiger partial charge >= 0.3 is 6.09 Å². The first-order valence-corrected chi connectivity index (χ1v) is 6.72. The lowest BCUT2D eigenvalue weighted by Crippen LogP contribution is -2.33. The Bertz CT molecular complexity index is 455. The number of alkyl carbamates (subject to hydrolysis) is 1.